The van der Waals surface area contributed by atoms with E-state index in [2.05, 4.69) is 29.5 Å². The summed E-state index contributed by atoms with van der Waals surface area (Å²) in [6, 6.07) is 0. The highest BCUT2D eigenvalue weighted by Crippen LogP contribution is 2.21. The van der Waals surface area contributed by atoms with E-state index in [0.717, 1.165) is 69.4 Å². The standard InChI is InChI=1S/C21H37N5O2S/c1-6-22-19(24-12-10-18-25-14-16(2)29-18)23-11-9-17-8-7-13-26(15-17)20(27)28-21(3,4)5/h14,17H,6-13,15H2,1-5H3,(H2,22,23,24). The van der Waals surface area contributed by atoms with Crippen molar-refractivity contribution in [2.75, 3.05) is 32.7 Å². The molecule has 1 unspecified atom stereocenters. The van der Waals surface area contributed by atoms with E-state index < -0.39 is 5.60 Å². The van der Waals surface area contributed by atoms with Gasteiger partial charge in [0.25, 0.3) is 0 Å². The fraction of sp³-hybridized carbons (Fsp3) is 0.762. The molecule has 0 saturated carbocycles. The van der Waals surface area contributed by atoms with Crippen LogP contribution in [0.4, 0.5) is 4.79 Å². The number of aromatic nitrogens is 1. The molecule has 2 heterocycles. The van der Waals surface area contributed by atoms with Crippen molar-refractivity contribution in [3.8, 4) is 0 Å². The fourth-order valence-electron chi connectivity index (χ4n) is 3.30. The number of hydrogen-bond acceptors (Lipinski definition) is 5. The number of likely N-dealkylation sites (tertiary alicyclic amines) is 1. The van der Waals surface area contributed by atoms with Crippen molar-refractivity contribution < 1.29 is 9.53 Å². The predicted molar refractivity (Wildman–Crippen MR) is 120 cm³/mol. The van der Waals surface area contributed by atoms with Gasteiger partial charge in [-0.1, -0.05) is 0 Å². The van der Waals surface area contributed by atoms with Crippen LogP contribution in [0.15, 0.2) is 11.2 Å². The Bertz CT molecular complexity index is 668. The van der Waals surface area contributed by atoms with Gasteiger partial charge in [0.15, 0.2) is 5.96 Å². The Balaban J connectivity index is 1.76. The van der Waals surface area contributed by atoms with Crippen molar-refractivity contribution in [2.24, 2.45) is 10.9 Å². The summed E-state index contributed by atoms with van der Waals surface area (Å²) in [7, 11) is 0. The lowest BCUT2D eigenvalue weighted by Crippen LogP contribution is -2.43. The highest BCUT2D eigenvalue weighted by molar-refractivity contribution is 7.11. The van der Waals surface area contributed by atoms with Gasteiger partial charge in [-0.2, -0.15) is 0 Å². The number of thiazole rings is 1. The third-order valence-corrected chi connectivity index (χ3v) is 5.60. The van der Waals surface area contributed by atoms with Gasteiger partial charge in [-0.3, -0.25) is 4.99 Å². The molecule has 1 aromatic heterocycles. The number of guanidine groups is 1. The third-order valence-electron chi connectivity index (χ3n) is 4.62. The second-order valence-corrected chi connectivity index (χ2v) is 9.84. The number of rotatable bonds is 7. The Morgan fingerprint density at radius 1 is 1.41 bits per heavy atom. The number of ether oxygens (including phenoxy) is 1. The van der Waals surface area contributed by atoms with Crippen molar-refractivity contribution in [1.29, 1.82) is 0 Å². The fourth-order valence-corrected chi connectivity index (χ4v) is 4.09. The molecule has 2 rings (SSSR count). The molecular formula is C21H37N5O2S. The number of piperidine rings is 1. The maximum Gasteiger partial charge on any atom is 0.410 e. The minimum absolute atomic E-state index is 0.196. The molecule has 8 heteroatoms. The van der Waals surface area contributed by atoms with Crippen LogP contribution in [0.5, 0.6) is 0 Å². The summed E-state index contributed by atoms with van der Waals surface area (Å²) in [5.74, 6) is 1.32. The summed E-state index contributed by atoms with van der Waals surface area (Å²) in [5, 5.41) is 7.84. The van der Waals surface area contributed by atoms with Crippen molar-refractivity contribution in [2.45, 2.75) is 65.9 Å². The zero-order valence-electron chi connectivity index (χ0n) is 18.6. The van der Waals surface area contributed by atoms with Gasteiger partial charge >= 0.3 is 6.09 Å². The quantitative estimate of drug-likeness (QED) is 0.518. The normalized spacial score (nSPS) is 17.9. The molecule has 29 heavy (non-hydrogen) atoms. The lowest BCUT2D eigenvalue weighted by atomic mass is 9.95. The number of aryl methyl sites for hydroxylation is 1. The van der Waals surface area contributed by atoms with Crippen LogP contribution >= 0.6 is 11.3 Å². The number of hydrogen-bond donors (Lipinski definition) is 2. The molecule has 0 aromatic carbocycles. The Kier molecular flexibility index (Phi) is 9.20. The number of nitrogens with one attached hydrogen (secondary N) is 2. The van der Waals surface area contributed by atoms with Gasteiger partial charge in [0.1, 0.15) is 5.60 Å². The van der Waals surface area contributed by atoms with E-state index in [-0.39, 0.29) is 6.09 Å². The molecule has 1 fully saturated rings. The van der Waals surface area contributed by atoms with E-state index in [1.165, 1.54) is 4.88 Å². The lowest BCUT2D eigenvalue weighted by Gasteiger charge is -2.34. The summed E-state index contributed by atoms with van der Waals surface area (Å²) in [6.07, 6.45) is 5.77. The van der Waals surface area contributed by atoms with Crippen LogP contribution in [0.25, 0.3) is 0 Å². The molecular weight excluding hydrogens is 386 g/mol. The summed E-state index contributed by atoms with van der Waals surface area (Å²) in [4.78, 5) is 24.5. The first-order chi connectivity index (χ1) is 13.8. The van der Waals surface area contributed by atoms with Crippen molar-refractivity contribution in [3.63, 3.8) is 0 Å². The highest BCUT2D eigenvalue weighted by atomic mass is 32.1. The Morgan fingerprint density at radius 3 is 2.86 bits per heavy atom. The van der Waals surface area contributed by atoms with Gasteiger partial charge < -0.3 is 20.3 Å². The Hall–Kier alpha value is -1.83. The first kappa shape index (κ1) is 23.4. The molecule has 1 aromatic rings. The largest absolute Gasteiger partial charge is 0.444 e. The highest BCUT2D eigenvalue weighted by Gasteiger charge is 2.27. The van der Waals surface area contributed by atoms with Gasteiger partial charge in [0.2, 0.25) is 0 Å². The molecule has 1 amide bonds. The Labute approximate surface area is 179 Å². The van der Waals surface area contributed by atoms with E-state index >= 15 is 0 Å². The Morgan fingerprint density at radius 2 is 2.21 bits per heavy atom. The maximum atomic E-state index is 12.3. The topological polar surface area (TPSA) is 78.9 Å². The van der Waals surface area contributed by atoms with Crippen LogP contribution in [0, 0.1) is 12.8 Å². The van der Waals surface area contributed by atoms with Crippen LogP contribution in [-0.4, -0.2) is 60.3 Å². The van der Waals surface area contributed by atoms with Crippen molar-refractivity contribution in [3.05, 3.63) is 16.1 Å². The maximum absolute atomic E-state index is 12.3. The smallest absolute Gasteiger partial charge is 0.410 e. The molecule has 1 aliphatic rings. The number of carbonyl (C=O) groups is 1. The molecule has 0 aliphatic carbocycles. The van der Waals surface area contributed by atoms with Gasteiger partial charge in [-0.25, -0.2) is 9.78 Å². The molecule has 1 saturated heterocycles. The number of carbonyl (C=O) groups excluding carboxylic acids is 1. The van der Waals surface area contributed by atoms with Crippen LogP contribution < -0.4 is 10.6 Å². The van der Waals surface area contributed by atoms with E-state index in [9.17, 15) is 4.79 Å². The monoisotopic (exact) mass is 423 g/mol. The molecule has 7 nitrogen and oxygen atoms in total. The number of amides is 1. The zero-order valence-corrected chi connectivity index (χ0v) is 19.4. The first-order valence-electron chi connectivity index (χ1n) is 10.7. The second-order valence-electron chi connectivity index (χ2n) is 8.53. The van der Waals surface area contributed by atoms with Gasteiger partial charge in [-0.15, -0.1) is 11.3 Å². The molecule has 0 spiro atoms. The van der Waals surface area contributed by atoms with Gasteiger partial charge in [-0.05, 0) is 59.8 Å². The first-order valence-corrected chi connectivity index (χ1v) is 11.5. The lowest BCUT2D eigenvalue weighted by molar-refractivity contribution is 0.0163. The van der Waals surface area contributed by atoms with Crippen LogP contribution in [0.1, 0.15) is 56.8 Å². The van der Waals surface area contributed by atoms with Crippen molar-refractivity contribution >= 4 is 23.4 Å². The molecule has 0 radical (unpaired) electrons. The minimum Gasteiger partial charge on any atom is -0.444 e. The molecule has 1 aliphatic heterocycles. The number of aliphatic imine (C=N–C) groups is 1. The van der Waals surface area contributed by atoms with E-state index in [1.807, 2.05) is 31.9 Å². The summed E-state index contributed by atoms with van der Waals surface area (Å²) in [6.45, 7) is 13.8. The molecule has 1 atom stereocenters. The van der Waals surface area contributed by atoms with Crippen LogP contribution in [0.3, 0.4) is 0 Å². The average molecular weight is 424 g/mol. The molecule has 0 bridgehead atoms. The van der Waals surface area contributed by atoms with Crippen LogP contribution in [-0.2, 0) is 11.2 Å². The third kappa shape index (κ3) is 9.02. The summed E-state index contributed by atoms with van der Waals surface area (Å²) < 4.78 is 5.52. The zero-order chi connectivity index (χ0) is 21.3. The second kappa shape index (κ2) is 11.4. The summed E-state index contributed by atoms with van der Waals surface area (Å²) in [5.41, 5.74) is -0.446. The SMILES string of the molecule is CCNC(=NCCC1CCCN(C(=O)OC(C)(C)C)C1)NCCc1ncc(C)s1. The van der Waals surface area contributed by atoms with Gasteiger partial charge in [0.05, 0.1) is 5.01 Å². The van der Waals surface area contributed by atoms with E-state index in [1.54, 1.807) is 11.3 Å². The van der Waals surface area contributed by atoms with E-state index in [0.29, 0.717) is 5.92 Å². The van der Waals surface area contributed by atoms with Gasteiger partial charge in [0, 0.05) is 50.2 Å². The minimum atomic E-state index is -0.446. The predicted octanol–water partition coefficient (Wildman–Crippen LogP) is 3.59. The van der Waals surface area contributed by atoms with Crippen molar-refractivity contribution in [1.82, 2.24) is 20.5 Å². The number of nitrogens with zero attached hydrogens (tertiary/aromatic N) is 3. The summed E-state index contributed by atoms with van der Waals surface area (Å²) >= 11 is 1.74. The van der Waals surface area contributed by atoms with Crippen LogP contribution in [0.2, 0.25) is 0 Å². The average Bonchev–Trinajstić information content (AvgIpc) is 3.06. The molecule has 164 valence electrons. The molecule has 2 N–H and O–H groups in total. The van der Waals surface area contributed by atoms with E-state index in [4.69, 9.17) is 9.73 Å².